The molecule has 0 spiro atoms. The van der Waals surface area contributed by atoms with E-state index in [-0.39, 0.29) is 0 Å². The van der Waals surface area contributed by atoms with Crippen LogP contribution in [0.3, 0.4) is 0 Å². The maximum absolute atomic E-state index is 10.0. The van der Waals surface area contributed by atoms with Crippen molar-refractivity contribution in [2.75, 3.05) is 31.3 Å². The first-order valence-electron chi connectivity index (χ1n) is 5.12. The number of nitrogens with zero attached hydrogens (tertiary/aromatic N) is 2. The maximum atomic E-state index is 10.0. The van der Waals surface area contributed by atoms with E-state index in [2.05, 4.69) is 15.3 Å². The fourth-order valence-corrected chi connectivity index (χ4v) is 1.92. The average Bonchev–Trinajstić information content (AvgIpc) is 2.75. The highest BCUT2D eigenvalue weighted by atomic mass is 32.2. The van der Waals surface area contributed by atoms with E-state index in [1.165, 1.54) is 6.33 Å². The number of hydrogen-bond donors (Lipinski definition) is 2. The Kier molecular flexibility index (Phi) is 3.63. The fourth-order valence-electron chi connectivity index (χ4n) is 1.54. The first kappa shape index (κ1) is 11.6. The van der Waals surface area contributed by atoms with Crippen molar-refractivity contribution in [1.29, 1.82) is 0 Å². The molecule has 16 heavy (non-hydrogen) atoms. The molecule has 1 aromatic heterocycles. The molecule has 1 fully saturated rings. The molecule has 1 saturated heterocycles. The molecule has 0 aromatic carbocycles. The fraction of sp³-hybridized carbons (Fsp3) is 0.600. The van der Waals surface area contributed by atoms with Crippen LogP contribution in [0.25, 0.3) is 0 Å². The van der Waals surface area contributed by atoms with Crippen LogP contribution in [0.1, 0.15) is 6.42 Å². The summed E-state index contributed by atoms with van der Waals surface area (Å²) in [4.78, 5) is 8.17. The van der Waals surface area contributed by atoms with Gasteiger partial charge >= 0.3 is 0 Å². The van der Waals surface area contributed by atoms with Gasteiger partial charge in [0.15, 0.2) is 0 Å². The second-order valence-electron chi connectivity index (χ2n) is 3.83. The number of anilines is 1. The molecule has 5 nitrogen and oxygen atoms in total. The van der Waals surface area contributed by atoms with Crippen molar-refractivity contribution in [2.24, 2.45) is 0 Å². The number of rotatable bonds is 4. The molecule has 0 amide bonds. The molecule has 1 aliphatic heterocycles. The number of hydrogen-bond acceptors (Lipinski definition) is 6. The standard InChI is InChI=1S/C10H15N3O2S/c1-16-9-4-8(12-7-13-9)11-5-10(14)2-3-15-6-10/h4,7,14H,2-3,5-6H2,1H3,(H,11,12,13). The quantitative estimate of drug-likeness (QED) is 0.599. The van der Waals surface area contributed by atoms with E-state index in [4.69, 9.17) is 4.74 Å². The molecular weight excluding hydrogens is 226 g/mol. The van der Waals surface area contributed by atoms with Crippen LogP contribution < -0.4 is 5.32 Å². The zero-order chi connectivity index (χ0) is 11.4. The van der Waals surface area contributed by atoms with E-state index in [0.29, 0.717) is 26.2 Å². The normalized spacial score (nSPS) is 24.6. The maximum Gasteiger partial charge on any atom is 0.130 e. The molecule has 2 heterocycles. The van der Waals surface area contributed by atoms with Gasteiger partial charge in [-0.25, -0.2) is 9.97 Å². The second kappa shape index (κ2) is 4.99. The Hall–Kier alpha value is -0.850. The van der Waals surface area contributed by atoms with E-state index in [1.54, 1.807) is 11.8 Å². The van der Waals surface area contributed by atoms with Crippen LogP contribution in [0.15, 0.2) is 17.4 Å². The van der Waals surface area contributed by atoms with Gasteiger partial charge in [0.1, 0.15) is 22.8 Å². The van der Waals surface area contributed by atoms with E-state index >= 15 is 0 Å². The summed E-state index contributed by atoms with van der Waals surface area (Å²) in [6.07, 6.45) is 4.15. The van der Waals surface area contributed by atoms with E-state index in [1.807, 2.05) is 12.3 Å². The molecule has 1 unspecified atom stereocenters. The van der Waals surface area contributed by atoms with Gasteiger partial charge in [-0.2, -0.15) is 0 Å². The number of thioether (sulfide) groups is 1. The minimum atomic E-state index is -0.759. The van der Waals surface area contributed by atoms with Crippen molar-refractivity contribution in [2.45, 2.75) is 17.0 Å². The molecule has 2 rings (SSSR count). The summed E-state index contributed by atoms with van der Waals surface area (Å²) in [6.45, 7) is 1.47. The van der Waals surface area contributed by atoms with Gasteiger partial charge in [0.05, 0.1) is 6.61 Å². The SMILES string of the molecule is CSc1cc(NCC2(O)CCOC2)ncn1. The van der Waals surface area contributed by atoms with Gasteiger partial charge in [-0.1, -0.05) is 0 Å². The first-order chi connectivity index (χ1) is 7.72. The Bertz CT molecular complexity index is 356. The molecule has 1 aromatic rings. The molecule has 0 bridgehead atoms. The van der Waals surface area contributed by atoms with E-state index < -0.39 is 5.60 Å². The molecular formula is C10H15N3O2S. The Morgan fingerprint density at radius 1 is 1.62 bits per heavy atom. The molecule has 0 aliphatic carbocycles. The van der Waals surface area contributed by atoms with Gasteiger partial charge in [0, 0.05) is 25.6 Å². The molecule has 88 valence electrons. The van der Waals surface area contributed by atoms with Crippen LogP contribution in [0.5, 0.6) is 0 Å². The third kappa shape index (κ3) is 2.84. The van der Waals surface area contributed by atoms with Crippen molar-refractivity contribution >= 4 is 17.6 Å². The van der Waals surface area contributed by atoms with Crippen molar-refractivity contribution in [1.82, 2.24) is 9.97 Å². The summed E-state index contributed by atoms with van der Waals surface area (Å²) in [5.74, 6) is 0.736. The Morgan fingerprint density at radius 3 is 3.19 bits per heavy atom. The summed E-state index contributed by atoms with van der Waals surface area (Å²) in [5, 5.41) is 14.1. The zero-order valence-corrected chi connectivity index (χ0v) is 9.96. The Morgan fingerprint density at radius 2 is 2.50 bits per heavy atom. The van der Waals surface area contributed by atoms with Crippen molar-refractivity contribution in [3.63, 3.8) is 0 Å². The van der Waals surface area contributed by atoms with Crippen LogP contribution >= 0.6 is 11.8 Å². The minimum Gasteiger partial charge on any atom is -0.386 e. The number of ether oxygens (including phenoxy) is 1. The summed E-state index contributed by atoms with van der Waals surface area (Å²) >= 11 is 1.56. The van der Waals surface area contributed by atoms with Crippen molar-refractivity contribution < 1.29 is 9.84 Å². The lowest BCUT2D eigenvalue weighted by Crippen LogP contribution is -2.37. The first-order valence-corrected chi connectivity index (χ1v) is 6.34. The number of nitrogens with one attached hydrogen (secondary N) is 1. The molecule has 2 N–H and O–H groups in total. The average molecular weight is 241 g/mol. The summed E-state index contributed by atoms with van der Waals surface area (Å²) in [6, 6.07) is 1.86. The smallest absolute Gasteiger partial charge is 0.130 e. The Balaban J connectivity index is 1.93. The molecule has 1 atom stereocenters. The predicted molar refractivity (Wildman–Crippen MR) is 62.7 cm³/mol. The van der Waals surface area contributed by atoms with Gasteiger partial charge < -0.3 is 15.2 Å². The summed E-state index contributed by atoms with van der Waals surface area (Å²) in [7, 11) is 0. The Labute approximate surface area is 98.6 Å². The largest absolute Gasteiger partial charge is 0.386 e. The van der Waals surface area contributed by atoms with Crippen LogP contribution in [0, 0.1) is 0 Å². The lowest BCUT2D eigenvalue weighted by molar-refractivity contribution is 0.0381. The minimum absolute atomic E-state index is 0.389. The number of aliphatic hydroxyl groups is 1. The van der Waals surface area contributed by atoms with Crippen molar-refractivity contribution in [3.05, 3.63) is 12.4 Å². The predicted octanol–water partition coefficient (Wildman–Crippen LogP) is 0.762. The second-order valence-corrected chi connectivity index (χ2v) is 4.65. The van der Waals surface area contributed by atoms with Gasteiger partial charge in [0.25, 0.3) is 0 Å². The topological polar surface area (TPSA) is 67.3 Å². The monoisotopic (exact) mass is 241 g/mol. The summed E-state index contributed by atoms with van der Waals surface area (Å²) in [5.41, 5.74) is -0.759. The van der Waals surface area contributed by atoms with Crippen LogP contribution in [0.2, 0.25) is 0 Å². The third-order valence-electron chi connectivity index (χ3n) is 2.53. The van der Waals surface area contributed by atoms with Gasteiger partial charge in [-0.05, 0) is 6.26 Å². The highest BCUT2D eigenvalue weighted by Gasteiger charge is 2.31. The summed E-state index contributed by atoms with van der Waals surface area (Å²) < 4.78 is 5.17. The lowest BCUT2D eigenvalue weighted by Gasteiger charge is -2.20. The van der Waals surface area contributed by atoms with E-state index in [9.17, 15) is 5.11 Å². The molecule has 1 aliphatic rings. The molecule has 0 saturated carbocycles. The third-order valence-corrected chi connectivity index (χ3v) is 3.17. The highest BCUT2D eigenvalue weighted by molar-refractivity contribution is 7.98. The van der Waals surface area contributed by atoms with Gasteiger partial charge in [0.2, 0.25) is 0 Å². The van der Waals surface area contributed by atoms with Crippen LogP contribution in [0.4, 0.5) is 5.82 Å². The lowest BCUT2D eigenvalue weighted by atomic mass is 10.0. The van der Waals surface area contributed by atoms with Gasteiger partial charge in [-0.3, -0.25) is 0 Å². The van der Waals surface area contributed by atoms with Gasteiger partial charge in [-0.15, -0.1) is 11.8 Å². The van der Waals surface area contributed by atoms with Crippen LogP contribution in [-0.4, -0.2) is 46.7 Å². The highest BCUT2D eigenvalue weighted by Crippen LogP contribution is 2.19. The molecule has 0 radical (unpaired) electrons. The number of aromatic nitrogens is 2. The van der Waals surface area contributed by atoms with E-state index in [0.717, 1.165) is 10.8 Å². The van der Waals surface area contributed by atoms with Crippen molar-refractivity contribution in [3.8, 4) is 0 Å². The molecule has 6 heteroatoms. The van der Waals surface area contributed by atoms with Crippen LogP contribution in [-0.2, 0) is 4.74 Å². The zero-order valence-electron chi connectivity index (χ0n) is 9.14.